The van der Waals surface area contributed by atoms with Crippen molar-refractivity contribution in [1.29, 1.82) is 0 Å². The van der Waals surface area contributed by atoms with Crippen molar-refractivity contribution >= 4 is 23.2 Å². The van der Waals surface area contributed by atoms with Crippen LogP contribution in [0.25, 0.3) is 0 Å². The first-order valence-electron chi connectivity index (χ1n) is 8.97. The lowest BCUT2D eigenvalue weighted by Gasteiger charge is -2.25. The predicted molar refractivity (Wildman–Crippen MR) is 102 cm³/mol. The summed E-state index contributed by atoms with van der Waals surface area (Å²) in [6.07, 6.45) is 0. The number of hydrogen-bond acceptors (Lipinski definition) is 4. The Bertz CT molecular complexity index is 832. The number of carbonyl (C=O) groups is 2. The largest absolute Gasteiger partial charge is 0.492 e. The van der Waals surface area contributed by atoms with Crippen molar-refractivity contribution in [2.75, 3.05) is 23.8 Å². The lowest BCUT2D eigenvalue weighted by molar-refractivity contribution is -0.204. The van der Waals surface area contributed by atoms with E-state index in [9.17, 15) is 27.2 Å². The molecule has 0 unspecified atom stereocenters. The Morgan fingerprint density at radius 3 is 1.40 bits per heavy atom. The summed E-state index contributed by atoms with van der Waals surface area (Å²) in [6, 6.07) is 11.0. The molecule has 30 heavy (non-hydrogen) atoms. The number of benzene rings is 2. The van der Waals surface area contributed by atoms with Crippen molar-refractivity contribution in [3.05, 3.63) is 48.5 Å². The molecule has 0 aromatic heterocycles. The van der Waals surface area contributed by atoms with Crippen LogP contribution in [-0.4, -0.2) is 36.9 Å². The number of para-hydroxylation sites is 4. The zero-order valence-corrected chi connectivity index (χ0v) is 16.2. The summed E-state index contributed by atoms with van der Waals surface area (Å²) in [4.78, 5) is 23.9. The lowest BCUT2D eigenvalue weighted by Crippen LogP contribution is -2.56. The van der Waals surface area contributed by atoms with Gasteiger partial charge in [0.25, 0.3) is 0 Å². The average molecular weight is 428 g/mol. The second-order valence-electron chi connectivity index (χ2n) is 5.92. The highest BCUT2D eigenvalue weighted by atomic mass is 19.3. The molecule has 10 heteroatoms. The Morgan fingerprint density at radius 2 is 1.07 bits per heavy atom. The first-order valence-corrected chi connectivity index (χ1v) is 8.97. The van der Waals surface area contributed by atoms with Crippen molar-refractivity contribution in [3.63, 3.8) is 0 Å². The van der Waals surface area contributed by atoms with Crippen LogP contribution in [0.3, 0.4) is 0 Å². The van der Waals surface area contributed by atoms with E-state index in [0.717, 1.165) is 0 Å². The monoisotopic (exact) mass is 428 g/mol. The molecule has 0 bridgehead atoms. The fourth-order valence-electron chi connectivity index (χ4n) is 2.39. The summed E-state index contributed by atoms with van der Waals surface area (Å²) >= 11 is 0. The molecule has 0 aliphatic rings. The molecule has 0 spiro atoms. The molecule has 2 aromatic carbocycles. The molecular formula is C20H20F4N2O4. The summed E-state index contributed by atoms with van der Waals surface area (Å²) in [5.41, 5.74) is -0.469. The highest BCUT2D eigenvalue weighted by molar-refractivity contribution is 6.06. The molecule has 0 aliphatic carbocycles. The number of alkyl halides is 4. The fraction of sp³-hybridized carbons (Fsp3) is 0.300. The number of hydrogen-bond donors (Lipinski definition) is 2. The number of halogens is 4. The van der Waals surface area contributed by atoms with Gasteiger partial charge in [0.05, 0.1) is 24.6 Å². The van der Waals surface area contributed by atoms with E-state index in [1.807, 2.05) is 0 Å². The molecule has 2 N–H and O–H groups in total. The Labute approximate surface area is 170 Å². The fourth-order valence-corrected chi connectivity index (χ4v) is 2.39. The van der Waals surface area contributed by atoms with Crippen molar-refractivity contribution in [1.82, 2.24) is 0 Å². The summed E-state index contributed by atoms with van der Waals surface area (Å²) < 4.78 is 67.5. The van der Waals surface area contributed by atoms with E-state index >= 15 is 0 Å². The number of ether oxygens (including phenoxy) is 2. The van der Waals surface area contributed by atoms with Gasteiger partial charge in [-0.05, 0) is 38.1 Å². The molecule has 6 nitrogen and oxygen atoms in total. The van der Waals surface area contributed by atoms with E-state index in [1.165, 1.54) is 48.5 Å². The summed E-state index contributed by atoms with van der Waals surface area (Å²) in [6.45, 7) is 3.54. The van der Waals surface area contributed by atoms with E-state index < -0.39 is 23.7 Å². The zero-order chi connectivity index (χ0) is 22.4. The van der Waals surface area contributed by atoms with Crippen LogP contribution in [0.1, 0.15) is 13.8 Å². The average Bonchev–Trinajstić information content (AvgIpc) is 2.71. The van der Waals surface area contributed by atoms with Gasteiger partial charge in [-0.3, -0.25) is 9.59 Å². The lowest BCUT2D eigenvalue weighted by atomic mass is 10.1. The van der Waals surface area contributed by atoms with Crippen LogP contribution in [0.2, 0.25) is 0 Å². The van der Waals surface area contributed by atoms with Gasteiger partial charge in [-0.2, -0.15) is 17.6 Å². The second-order valence-corrected chi connectivity index (χ2v) is 5.92. The first-order chi connectivity index (χ1) is 14.1. The number of anilines is 2. The summed E-state index contributed by atoms with van der Waals surface area (Å²) in [5, 5.41) is 3.39. The number of amides is 2. The van der Waals surface area contributed by atoms with Gasteiger partial charge >= 0.3 is 23.7 Å². The number of carbonyl (C=O) groups excluding carboxylic acids is 2. The molecule has 2 amide bonds. The van der Waals surface area contributed by atoms with Crippen LogP contribution < -0.4 is 20.1 Å². The van der Waals surface area contributed by atoms with Gasteiger partial charge in [-0.25, -0.2) is 0 Å². The van der Waals surface area contributed by atoms with Gasteiger partial charge in [-0.1, -0.05) is 24.3 Å². The van der Waals surface area contributed by atoms with Gasteiger partial charge in [0.1, 0.15) is 11.5 Å². The minimum atomic E-state index is -5.35. The molecule has 0 radical (unpaired) electrons. The molecule has 2 rings (SSSR count). The topological polar surface area (TPSA) is 76.7 Å². The molecule has 2 aromatic rings. The minimum Gasteiger partial charge on any atom is -0.492 e. The van der Waals surface area contributed by atoms with Gasteiger partial charge in [0.2, 0.25) is 0 Å². The molecule has 0 saturated heterocycles. The first kappa shape index (κ1) is 23.0. The predicted octanol–water partition coefficient (Wildman–Crippen LogP) is 4.33. The smallest absolute Gasteiger partial charge is 0.396 e. The Hall–Kier alpha value is -3.30. The van der Waals surface area contributed by atoms with Crippen LogP contribution in [0.15, 0.2) is 48.5 Å². The van der Waals surface area contributed by atoms with Crippen LogP contribution in [0, 0.1) is 0 Å². The van der Waals surface area contributed by atoms with E-state index in [1.54, 1.807) is 24.5 Å². The van der Waals surface area contributed by atoms with Crippen LogP contribution in [-0.2, 0) is 9.59 Å². The van der Waals surface area contributed by atoms with Crippen molar-refractivity contribution in [2.45, 2.75) is 25.7 Å². The third-order valence-corrected chi connectivity index (χ3v) is 3.83. The molecule has 0 saturated carbocycles. The third kappa shape index (κ3) is 4.81. The maximum atomic E-state index is 14.3. The Kier molecular flexibility index (Phi) is 7.25. The highest BCUT2D eigenvalue weighted by Crippen LogP contribution is 2.38. The second kappa shape index (κ2) is 9.47. The summed E-state index contributed by atoms with van der Waals surface area (Å²) in [5.74, 6) is -15.4. The Morgan fingerprint density at radius 1 is 0.733 bits per heavy atom. The maximum absolute atomic E-state index is 14.3. The molecule has 0 heterocycles. The molecule has 0 aliphatic heterocycles. The van der Waals surface area contributed by atoms with Gasteiger partial charge in [-0.15, -0.1) is 0 Å². The van der Waals surface area contributed by atoms with E-state index in [0.29, 0.717) is 0 Å². The molecular weight excluding hydrogens is 408 g/mol. The van der Waals surface area contributed by atoms with Crippen molar-refractivity contribution in [3.8, 4) is 11.5 Å². The van der Waals surface area contributed by atoms with E-state index in [2.05, 4.69) is 0 Å². The quantitative estimate of drug-likeness (QED) is 0.583. The van der Waals surface area contributed by atoms with E-state index in [4.69, 9.17) is 9.47 Å². The summed E-state index contributed by atoms with van der Waals surface area (Å²) in [7, 11) is 0. The Balaban J connectivity index is 2.22. The zero-order valence-electron chi connectivity index (χ0n) is 16.2. The minimum absolute atomic E-state index is 0.0163. The molecule has 0 fully saturated rings. The highest BCUT2D eigenvalue weighted by Gasteiger charge is 2.67. The normalized spacial score (nSPS) is 11.5. The van der Waals surface area contributed by atoms with E-state index in [-0.39, 0.29) is 36.1 Å². The van der Waals surface area contributed by atoms with Crippen LogP contribution >= 0.6 is 0 Å². The van der Waals surface area contributed by atoms with Crippen molar-refractivity contribution < 1.29 is 36.6 Å². The number of rotatable bonds is 9. The molecule has 162 valence electrons. The van der Waals surface area contributed by atoms with Crippen LogP contribution in [0.5, 0.6) is 11.5 Å². The maximum Gasteiger partial charge on any atom is 0.396 e. The van der Waals surface area contributed by atoms with Gasteiger partial charge in [0.15, 0.2) is 0 Å². The van der Waals surface area contributed by atoms with Gasteiger partial charge < -0.3 is 20.1 Å². The standard InChI is InChI=1S/C20H20F4N2O4/c1-3-29-15-11-7-5-9-13(15)25-17(27)19(21,22)20(23,24)18(28)26-14-10-6-8-12-16(14)30-4-2/h5-12H,3-4H2,1-2H3,(H,25,27)(H,26,28). The third-order valence-electron chi connectivity index (χ3n) is 3.83. The number of nitrogens with one attached hydrogen (secondary N) is 2. The van der Waals surface area contributed by atoms with Crippen LogP contribution in [0.4, 0.5) is 28.9 Å². The van der Waals surface area contributed by atoms with Crippen molar-refractivity contribution in [2.24, 2.45) is 0 Å². The molecule has 0 atom stereocenters. The SMILES string of the molecule is CCOc1ccccc1NC(=O)C(F)(F)C(F)(F)C(=O)Nc1ccccc1OCC. The van der Waals surface area contributed by atoms with Gasteiger partial charge in [0, 0.05) is 0 Å².